The van der Waals surface area contributed by atoms with Crippen molar-refractivity contribution in [3.8, 4) is 16.9 Å². The number of carbonyl (C=O) groups excluding carboxylic acids is 2. The molecule has 3 rings (SSSR count). The van der Waals surface area contributed by atoms with Crippen molar-refractivity contribution in [1.82, 2.24) is 5.32 Å². The lowest BCUT2D eigenvalue weighted by atomic mass is 9.94. The molecule has 106 valence electrons. The zero-order valence-electron chi connectivity index (χ0n) is 11.3. The van der Waals surface area contributed by atoms with Crippen molar-refractivity contribution in [3.63, 3.8) is 0 Å². The predicted octanol–water partition coefficient (Wildman–Crippen LogP) is 2.31. The van der Waals surface area contributed by atoms with Crippen LogP contribution in [0.5, 0.6) is 5.75 Å². The van der Waals surface area contributed by atoms with Gasteiger partial charge < -0.3 is 4.74 Å². The van der Waals surface area contributed by atoms with E-state index in [1.54, 1.807) is 30.3 Å². The molecule has 2 amide bonds. The molecule has 1 aliphatic rings. The highest BCUT2D eigenvalue weighted by atomic mass is 19.1. The van der Waals surface area contributed by atoms with Crippen molar-refractivity contribution in [2.45, 2.75) is 6.42 Å². The first-order valence-electron chi connectivity index (χ1n) is 6.39. The molecule has 0 radical (unpaired) electrons. The minimum Gasteiger partial charge on any atom is -0.494 e. The highest BCUT2D eigenvalue weighted by Crippen LogP contribution is 2.28. The molecule has 5 heteroatoms. The molecule has 0 saturated heterocycles. The van der Waals surface area contributed by atoms with Gasteiger partial charge in [-0.15, -0.1) is 0 Å². The zero-order valence-corrected chi connectivity index (χ0v) is 11.3. The van der Waals surface area contributed by atoms with Crippen LogP contribution >= 0.6 is 0 Å². The number of carbonyl (C=O) groups is 2. The topological polar surface area (TPSA) is 55.4 Å². The van der Waals surface area contributed by atoms with Crippen LogP contribution in [-0.2, 0) is 11.2 Å². The molecule has 0 aromatic heterocycles. The van der Waals surface area contributed by atoms with Gasteiger partial charge in [-0.25, -0.2) is 4.39 Å². The van der Waals surface area contributed by atoms with Gasteiger partial charge in [0.1, 0.15) is 0 Å². The number of amides is 2. The molecule has 1 aliphatic heterocycles. The highest BCUT2D eigenvalue weighted by molar-refractivity contribution is 6.10. The zero-order chi connectivity index (χ0) is 15.0. The van der Waals surface area contributed by atoms with Crippen molar-refractivity contribution in [2.75, 3.05) is 7.11 Å². The van der Waals surface area contributed by atoms with Crippen LogP contribution in [0.4, 0.5) is 4.39 Å². The van der Waals surface area contributed by atoms with E-state index in [0.717, 1.165) is 5.56 Å². The summed E-state index contributed by atoms with van der Waals surface area (Å²) in [6.45, 7) is 0. The van der Waals surface area contributed by atoms with E-state index in [1.165, 1.54) is 13.2 Å². The fraction of sp³-hybridized carbons (Fsp3) is 0.125. The van der Waals surface area contributed by atoms with E-state index in [9.17, 15) is 14.0 Å². The molecule has 2 aromatic carbocycles. The average Bonchev–Trinajstić information content (AvgIpc) is 2.46. The summed E-state index contributed by atoms with van der Waals surface area (Å²) < 4.78 is 18.6. The number of hydrogen-bond donors (Lipinski definition) is 1. The Morgan fingerprint density at radius 3 is 2.52 bits per heavy atom. The van der Waals surface area contributed by atoms with Crippen LogP contribution in [0.1, 0.15) is 15.9 Å². The summed E-state index contributed by atoms with van der Waals surface area (Å²) >= 11 is 0. The quantitative estimate of drug-likeness (QED) is 0.861. The predicted molar refractivity (Wildman–Crippen MR) is 74.6 cm³/mol. The Hall–Kier alpha value is -2.69. The Kier molecular flexibility index (Phi) is 3.17. The monoisotopic (exact) mass is 285 g/mol. The van der Waals surface area contributed by atoms with Crippen molar-refractivity contribution < 1.29 is 18.7 Å². The lowest BCUT2D eigenvalue weighted by Crippen LogP contribution is -2.37. The molecule has 0 unspecified atom stereocenters. The van der Waals surface area contributed by atoms with E-state index in [2.05, 4.69) is 5.32 Å². The van der Waals surface area contributed by atoms with Crippen LogP contribution in [0.15, 0.2) is 36.4 Å². The number of benzene rings is 2. The van der Waals surface area contributed by atoms with Gasteiger partial charge in [0.15, 0.2) is 11.6 Å². The molecule has 0 aliphatic carbocycles. The number of halogens is 1. The fourth-order valence-corrected chi connectivity index (χ4v) is 2.40. The smallest absolute Gasteiger partial charge is 0.258 e. The molecule has 0 bridgehead atoms. The number of fused-ring (bicyclic) bond motifs is 1. The molecule has 21 heavy (non-hydrogen) atoms. The normalized spacial score (nSPS) is 13.6. The van der Waals surface area contributed by atoms with Gasteiger partial charge >= 0.3 is 0 Å². The maximum atomic E-state index is 13.8. The second-order valence-electron chi connectivity index (χ2n) is 4.78. The number of ether oxygens (including phenoxy) is 1. The third-order valence-electron chi connectivity index (χ3n) is 3.44. The SMILES string of the molecule is COc1ccc(-c2ccc3c(c2)CC(=O)NC3=O)cc1F. The third-order valence-corrected chi connectivity index (χ3v) is 3.44. The molecule has 0 saturated carbocycles. The molecule has 0 spiro atoms. The van der Waals surface area contributed by atoms with Gasteiger partial charge in [0.25, 0.3) is 5.91 Å². The van der Waals surface area contributed by atoms with Crippen LogP contribution in [0.2, 0.25) is 0 Å². The molecular weight excluding hydrogens is 273 g/mol. The lowest BCUT2D eigenvalue weighted by Gasteiger charge is -2.16. The maximum Gasteiger partial charge on any atom is 0.258 e. The van der Waals surface area contributed by atoms with Crippen LogP contribution in [-0.4, -0.2) is 18.9 Å². The highest BCUT2D eigenvalue weighted by Gasteiger charge is 2.22. The summed E-state index contributed by atoms with van der Waals surface area (Å²) in [7, 11) is 1.40. The standard InChI is InChI=1S/C16H12FNO3/c1-21-14-5-3-10(7-13(14)17)9-2-4-12-11(6-9)8-15(19)18-16(12)20/h2-7H,8H2,1H3,(H,18,19,20). The second-order valence-corrected chi connectivity index (χ2v) is 4.78. The van der Waals surface area contributed by atoms with Crippen LogP contribution in [0.3, 0.4) is 0 Å². The van der Waals surface area contributed by atoms with E-state index >= 15 is 0 Å². The maximum absolute atomic E-state index is 13.8. The molecule has 1 N–H and O–H groups in total. The summed E-state index contributed by atoms with van der Waals surface area (Å²) in [5, 5.41) is 2.26. The minimum absolute atomic E-state index is 0.146. The first-order valence-corrected chi connectivity index (χ1v) is 6.39. The molecule has 2 aromatic rings. The van der Waals surface area contributed by atoms with Gasteiger partial charge in [0.05, 0.1) is 13.5 Å². The lowest BCUT2D eigenvalue weighted by molar-refractivity contribution is -0.119. The Morgan fingerprint density at radius 1 is 1.10 bits per heavy atom. The number of rotatable bonds is 2. The van der Waals surface area contributed by atoms with Gasteiger partial charge in [0.2, 0.25) is 5.91 Å². The van der Waals surface area contributed by atoms with E-state index in [0.29, 0.717) is 16.7 Å². The van der Waals surface area contributed by atoms with Crippen molar-refractivity contribution in [2.24, 2.45) is 0 Å². The van der Waals surface area contributed by atoms with Crippen molar-refractivity contribution >= 4 is 11.8 Å². The molecule has 4 nitrogen and oxygen atoms in total. The number of methoxy groups -OCH3 is 1. The third kappa shape index (κ3) is 2.38. The van der Waals surface area contributed by atoms with E-state index in [1.807, 2.05) is 0 Å². The number of imide groups is 1. The summed E-state index contributed by atoms with van der Waals surface area (Å²) in [6, 6.07) is 9.76. The van der Waals surface area contributed by atoms with Gasteiger partial charge in [-0.3, -0.25) is 14.9 Å². The minimum atomic E-state index is -0.457. The van der Waals surface area contributed by atoms with Crippen molar-refractivity contribution in [1.29, 1.82) is 0 Å². The molecule has 0 atom stereocenters. The summed E-state index contributed by atoms with van der Waals surface area (Å²) in [4.78, 5) is 23.1. The number of hydrogen-bond acceptors (Lipinski definition) is 3. The van der Waals surface area contributed by atoms with Gasteiger partial charge in [-0.2, -0.15) is 0 Å². The molecule has 0 fully saturated rings. The average molecular weight is 285 g/mol. The van der Waals surface area contributed by atoms with E-state index < -0.39 is 11.7 Å². The Bertz CT molecular complexity index is 755. The van der Waals surface area contributed by atoms with Gasteiger partial charge in [-0.1, -0.05) is 12.1 Å². The first-order chi connectivity index (χ1) is 10.1. The van der Waals surface area contributed by atoms with Gasteiger partial charge in [-0.05, 0) is 41.0 Å². The number of nitrogens with one attached hydrogen (secondary N) is 1. The summed E-state index contributed by atoms with van der Waals surface area (Å²) in [5.41, 5.74) is 2.54. The van der Waals surface area contributed by atoms with E-state index in [4.69, 9.17) is 4.74 Å². The molecule has 1 heterocycles. The summed E-state index contributed by atoms with van der Waals surface area (Å²) in [6.07, 6.45) is 0.146. The Balaban J connectivity index is 2.04. The summed E-state index contributed by atoms with van der Waals surface area (Å²) in [5.74, 6) is -1.01. The molecular formula is C16H12FNO3. The largest absolute Gasteiger partial charge is 0.494 e. The van der Waals surface area contributed by atoms with Crippen LogP contribution < -0.4 is 10.1 Å². The van der Waals surface area contributed by atoms with Crippen LogP contribution in [0.25, 0.3) is 11.1 Å². The van der Waals surface area contributed by atoms with Gasteiger partial charge in [0, 0.05) is 5.56 Å². The van der Waals surface area contributed by atoms with Crippen molar-refractivity contribution in [3.05, 3.63) is 53.3 Å². The van der Waals surface area contributed by atoms with Crippen LogP contribution in [0, 0.1) is 5.82 Å². The Morgan fingerprint density at radius 2 is 1.81 bits per heavy atom. The Labute approximate surface area is 120 Å². The fourth-order valence-electron chi connectivity index (χ4n) is 2.40. The first kappa shape index (κ1) is 13.3. The second kappa shape index (κ2) is 5.01. The van der Waals surface area contributed by atoms with E-state index in [-0.39, 0.29) is 18.1 Å².